The zero-order chi connectivity index (χ0) is 16.3. The average Bonchev–Trinajstić information content (AvgIpc) is 2.54. The Kier molecular flexibility index (Phi) is 4.59. The molecule has 0 spiro atoms. The van der Waals surface area contributed by atoms with E-state index in [-0.39, 0.29) is 16.3 Å². The Bertz CT molecular complexity index is 811. The number of halogens is 1. The van der Waals surface area contributed by atoms with Crippen molar-refractivity contribution in [1.82, 2.24) is 4.31 Å². The third kappa shape index (κ3) is 3.16. The molecule has 2 aromatic carbocycles. The largest absolute Gasteiger partial charge is 0.243 e. The summed E-state index contributed by atoms with van der Waals surface area (Å²) < 4.78 is 39.4. The first kappa shape index (κ1) is 16.1. The molecular weight excluding hydrogens is 303 g/mol. The summed E-state index contributed by atoms with van der Waals surface area (Å²) in [6.45, 7) is 1.72. The minimum Gasteiger partial charge on any atom is -0.207 e. The quantitative estimate of drug-likeness (QED) is 0.870. The lowest BCUT2D eigenvalue weighted by Crippen LogP contribution is -2.29. The minimum absolute atomic E-state index is 0.0583. The van der Waals surface area contributed by atoms with Crippen LogP contribution in [0.1, 0.15) is 24.1 Å². The average molecular weight is 318 g/mol. The van der Waals surface area contributed by atoms with Gasteiger partial charge in [0.15, 0.2) is 0 Å². The first-order valence-electron chi connectivity index (χ1n) is 6.60. The Balaban J connectivity index is 2.36. The molecule has 0 aliphatic heterocycles. The molecule has 0 aliphatic rings. The fourth-order valence-electron chi connectivity index (χ4n) is 2.05. The summed E-state index contributed by atoms with van der Waals surface area (Å²) in [6, 6.07) is 13.0. The predicted octanol–water partition coefficient (Wildman–Crippen LogP) is 3.08. The van der Waals surface area contributed by atoms with Crippen LogP contribution in [0.25, 0.3) is 0 Å². The van der Waals surface area contributed by atoms with Crippen LogP contribution in [0.15, 0.2) is 53.4 Å². The Morgan fingerprint density at radius 3 is 2.41 bits per heavy atom. The van der Waals surface area contributed by atoms with Crippen LogP contribution in [0.5, 0.6) is 0 Å². The number of rotatable bonds is 4. The highest BCUT2D eigenvalue weighted by Gasteiger charge is 2.26. The van der Waals surface area contributed by atoms with Crippen molar-refractivity contribution in [3.05, 3.63) is 65.5 Å². The third-order valence-electron chi connectivity index (χ3n) is 3.54. The standard InChI is InChI=1S/C16H15FN2O2S/c1-12(14-6-8-15(17)9-7-14)19(2)22(20,21)16-5-3-4-13(10-16)11-18/h3-10,12H,1-2H3. The van der Waals surface area contributed by atoms with Crippen LogP contribution >= 0.6 is 0 Å². The fraction of sp³-hybridized carbons (Fsp3) is 0.188. The molecule has 1 unspecified atom stereocenters. The molecule has 114 valence electrons. The van der Waals surface area contributed by atoms with Gasteiger partial charge in [-0.3, -0.25) is 0 Å². The van der Waals surface area contributed by atoms with E-state index in [2.05, 4.69) is 0 Å². The molecule has 4 nitrogen and oxygen atoms in total. The first-order chi connectivity index (χ1) is 10.4. The van der Waals surface area contributed by atoms with Gasteiger partial charge in [-0.15, -0.1) is 0 Å². The van der Waals surface area contributed by atoms with Crippen LogP contribution in [0.4, 0.5) is 4.39 Å². The number of nitrogens with zero attached hydrogens (tertiary/aromatic N) is 2. The SMILES string of the molecule is CC(c1ccc(F)cc1)N(C)S(=O)(=O)c1cccc(C#N)c1. The van der Waals surface area contributed by atoms with Gasteiger partial charge in [0, 0.05) is 13.1 Å². The second-order valence-corrected chi connectivity index (χ2v) is 6.89. The molecule has 0 saturated heterocycles. The maximum Gasteiger partial charge on any atom is 0.243 e. The van der Waals surface area contributed by atoms with Gasteiger partial charge < -0.3 is 0 Å². The van der Waals surface area contributed by atoms with Crippen LogP contribution < -0.4 is 0 Å². The topological polar surface area (TPSA) is 61.2 Å². The van der Waals surface area contributed by atoms with Crippen molar-refractivity contribution in [3.8, 4) is 6.07 Å². The van der Waals surface area contributed by atoms with E-state index >= 15 is 0 Å². The lowest BCUT2D eigenvalue weighted by atomic mass is 10.1. The fourth-order valence-corrected chi connectivity index (χ4v) is 3.45. The van der Waals surface area contributed by atoms with Crippen molar-refractivity contribution in [2.75, 3.05) is 7.05 Å². The Morgan fingerprint density at radius 2 is 1.82 bits per heavy atom. The molecule has 2 rings (SSSR count). The summed E-state index contributed by atoms with van der Waals surface area (Å²) >= 11 is 0. The summed E-state index contributed by atoms with van der Waals surface area (Å²) in [5.41, 5.74) is 0.966. The molecule has 0 aromatic heterocycles. The van der Waals surface area contributed by atoms with Gasteiger partial charge in [0.1, 0.15) is 5.82 Å². The monoisotopic (exact) mass is 318 g/mol. The van der Waals surface area contributed by atoms with Gasteiger partial charge in [0.05, 0.1) is 16.5 Å². The molecule has 0 heterocycles. The van der Waals surface area contributed by atoms with Crippen molar-refractivity contribution < 1.29 is 12.8 Å². The summed E-state index contributed by atoms with van der Waals surface area (Å²) in [5, 5.41) is 8.89. The van der Waals surface area contributed by atoms with Gasteiger partial charge >= 0.3 is 0 Å². The van der Waals surface area contributed by atoms with E-state index in [1.165, 1.54) is 41.7 Å². The number of benzene rings is 2. The number of sulfonamides is 1. The highest BCUT2D eigenvalue weighted by molar-refractivity contribution is 7.89. The molecule has 0 amide bonds. The second-order valence-electron chi connectivity index (χ2n) is 4.89. The molecule has 0 saturated carbocycles. The van der Waals surface area contributed by atoms with E-state index in [1.54, 1.807) is 25.1 Å². The molecule has 1 atom stereocenters. The zero-order valence-electron chi connectivity index (χ0n) is 12.2. The minimum atomic E-state index is -3.74. The van der Waals surface area contributed by atoms with Crippen molar-refractivity contribution >= 4 is 10.0 Å². The Morgan fingerprint density at radius 1 is 1.18 bits per heavy atom. The van der Waals surface area contributed by atoms with Crippen molar-refractivity contribution in [2.24, 2.45) is 0 Å². The summed E-state index contributed by atoms with van der Waals surface area (Å²) in [5.74, 6) is -0.372. The smallest absolute Gasteiger partial charge is 0.207 e. The highest BCUT2D eigenvalue weighted by atomic mass is 32.2. The maximum absolute atomic E-state index is 13.0. The van der Waals surface area contributed by atoms with Crippen LogP contribution in [0.3, 0.4) is 0 Å². The van der Waals surface area contributed by atoms with Gasteiger partial charge in [0.25, 0.3) is 0 Å². The molecule has 0 bridgehead atoms. The lowest BCUT2D eigenvalue weighted by molar-refractivity contribution is 0.398. The Labute approximate surface area is 129 Å². The zero-order valence-corrected chi connectivity index (χ0v) is 13.0. The van der Waals surface area contributed by atoms with Gasteiger partial charge in [0.2, 0.25) is 10.0 Å². The third-order valence-corrected chi connectivity index (χ3v) is 5.46. The van der Waals surface area contributed by atoms with E-state index in [4.69, 9.17) is 5.26 Å². The van der Waals surface area contributed by atoms with Crippen LogP contribution in [0.2, 0.25) is 0 Å². The van der Waals surface area contributed by atoms with Crippen molar-refractivity contribution in [1.29, 1.82) is 5.26 Å². The van der Waals surface area contributed by atoms with E-state index in [0.717, 1.165) is 0 Å². The maximum atomic E-state index is 13.0. The molecule has 6 heteroatoms. The molecular formula is C16H15FN2O2S. The normalized spacial score (nSPS) is 12.9. The molecule has 0 N–H and O–H groups in total. The molecule has 0 radical (unpaired) electrons. The summed E-state index contributed by atoms with van der Waals surface area (Å²) in [7, 11) is -2.28. The lowest BCUT2D eigenvalue weighted by Gasteiger charge is -2.24. The molecule has 0 fully saturated rings. The predicted molar refractivity (Wildman–Crippen MR) is 80.9 cm³/mol. The van der Waals surface area contributed by atoms with E-state index < -0.39 is 16.1 Å². The summed E-state index contributed by atoms with van der Waals surface area (Å²) in [6.07, 6.45) is 0. The van der Waals surface area contributed by atoms with E-state index in [1.807, 2.05) is 6.07 Å². The first-order valence-corrected chi connectivity index (χ1v) is 8.04. The number of hydrogen-bond donors (Lipinski definition) is 0. The van der Waals surface area contributed by atoms with E-state index in [0.29, 0.717) is 5.56 Å². The van der Waals surface area contributed by atoms with Gasteiger partial charge in [-0.05, 0) is 42.8 Å². The summed E-state index contributed by atoms with van der Waals surface area (Å²) in [4.78, 5) is 0.0583. The van der Waals surface area contributed by atoms with E-state index in [9.17, 15) is 12.8 Å². The number of hydrogen-bond acceptors (Lipinski definition) is 3. The Hall–Kier alpha value is -2.23. The van der Waals surface area contributed by atoms with Crippen LogP contribution in [-0.2, 0) is 10.0 Å². The van der Waals surface area contributed by atoms with Crippen molar-refractivity contribution in [2.45, 2.75) is 17.9 Å². The van der Waals surface area contributed by atoms with Gasteiger partial charge in [-0.25, -0.2) is 12.8 Å². The molecule has 0 aliphatic carbocycles. The highest BCUT2D eigenvalue weighted by Crippen LogP contribution is 2.26. The van der Waals surface area contributed by atoms with Crippen LogP contribution in [-0.4, -0.2) is 19.8 Å². The van der Waals surface area contributed by atoms with Gasteiger partial charge in [-0.2, -0.15) is 9.57 Å². The molecule has 2 aromatic rings. The van der Waals surface area contributed by atoms with Gasteiger partial charge in [-0.1, -0.05) is 18.2 Å². The van der Waals surface area contributed by atoms with Crippen molar-refractivity contribution in [3.63, 3.8) is 0 Å². The molecule has 22 heavy (non-hydrogen) atoms. The van der Waals surface area contributed by atoms with Crippen LogP contribution in [0, 0.1) is 17.1 Å². The number of nitriles is 1. The second kappa shape index (κ2) is 6.26.